The molecule has 1 atom stereocenters. The fraction of sp³-hybridized carbons (Fsp3) is 0.545. The number of benzene rings is 1. The molecule has 1 saturated carbocycles. The van der Waals surface area contributed by atoms with Gasteiger partial charge in [-0.3, -0.25) is 28.8 Å². The molecule has 30 heavy (non-hydrogen) atoms. The predicted molar refractivity (Wildman–Crippen MR) is 110 cm³/mol. The summed E-state index contributed by atoms with van der Waals surface area (Å²) in [5.41, 5.74) is 2.36. The van der Waals surface area contributed by atoms with Gasteiger partial charge in [0.2, 0.25) is 11.8 Å². The Balaban J connectivity index is 1.54. The number of amides is 2. The van der Waals surface area contributed by atoms with E-state index in [1.54, 1.807) is 11.6 Å². The molecule has 4 rings (SSSR count). The number of hydrogen-bond donors (Lipinski definition) is 2. The molecule has 2 fully saturated rings. The highest BCUT2D eigenvalue weighted by molar-refractivity contribution is 6.00. The Morgan fingerprint density at radius 2 is 1.77 bits per heavy atom. The first-order chi connectivity index (χ1) is 14.3. The van der Waals surface area contributed by atoms with Gasteiger partial charge in [-0.1, -0.05) is 6.07 Å². The van der Waals surface area contributed by atoms with Gasteiger partial charge in [0, 0.05) is 19.9 Å². The number of nitrogens with zero attached hydrogens (tertiary/aromatic N) is 2. The van der Waals surface area contributed by atoms with E-state index in [9.17, 15) is 19.2 Å². The molecule has 2 aromatic rings. The average Bonchev–Trinajstić information content (AvgIpc) is 2.94. The summed E-state index contributed by atoms with van der Waals surface area (Å²) in [4.78, 5) is 47.5. The molecule has 8 nitrogen and oxygen atoms in total. The van der Waals surface area contributed by atoms with E-state index < -0.39 is 17.9 Å². The van der Waals surface area contributed by atoms with Crippen molar-refractivity contribution in [2.45, 2.75) is 57.4 Å². The summed E-state index contributed by atoms with van der Waals surface area (Å²) in [6.07, 6.45) is 5.64. The summed E-state index contributed by atoms with van der Waals surface area (Å²) in [6.45, 7) is 0. The van der Waals surface area contributed by atoms with E-state index in [4.69, 9.17) is 5.11 Å². The van der Waals surface area contributed by atoms with Crippen LogP contribution in [-0.2, 0) is 27.9 Å². The van der Waals surface area contributed by atoms with Gasteiger partial charge >= 0.3 is 11.7 Å². The molecule has 0 unspecified atom stereocenters. The Labute approximate surface area is 173 Å². The Hall–Kier alpha value is -2.90. The number of aliphatic carboxylic acids is 1. The standard InChI is InChI=1S/C22H27N3O5/c1-24-18-11-15(10-13-2-4-14(5-3-13)12-20(27)28)6-7-16(18)25(22(24)30)17-8-9-19(26)23-21(17)29/h6-7,11,13-14,17H,2-5,8-10,12H2,1H3,(H,27,28)(H,23,26,29)/t13?,14?,17-/m0/s1. The zero-order valence-corrected chi connectivity index (χ0v) is 17.1. The van der Waals surface area contributed by atoms with E-state index in [0.717, 1.165) is 43.2 Å². The number of fused-ring (bicyclic) bond motifs is 1. The van der Waals surface area contributed by atoms with E-state index in [2.05, 4.69) is 5.32 Å². The monoisotopic (exact) mass is 413 g/mol. The van der Waals surface area contributed by atoms with Crippen LogP contribution in [0.1, 0.15) is 56.6 Å². The van der Waals surface area contributed by atoms with Crippen LogP contribution in [0.5, 0.6) is 0 Å². The van der Waals surface area contributed by atoms with Crippen LogP contribution in [0.25, 0.3) is 11.0 Å². The summed E-state index contributed by atoms with van der Waals surface area (Å²) >= 11 is 0. The van der Waals surface area contributed by atoms with E-state index in [1.165, 1.54) is 4.57 Å². The van der Waals surface area contributed by atoms with Gasteiger partial charge in [-0.2, -0.15) is 0 Å². The lowest BCUT2D eigenvalue weighted by molar-refractivity contribution is -0.138. The first-order valence-electron chi connectivity index (χ1n) is 10.6. The van der Waals surface area contributed by atoms with Crippen LogP contribution in [0.15, 0.2) is 23.0 Å². The van der Waals surface area contributed by atoms with Crippen molar-refractivity contribution in [1.29, 1.82) is 0 Å². The van der Waals surface area contributed by atoms with Crippen LogP contribution in [-0.4, -0.2) is 32.0 Å². The van der Waals surface area contributed by atoms with Crippen molar-refractivity contribution in [3.8, 4) is 0 Å². The van der Waals surface area contributed by atoms with Crippen molar-refractivity contribution in [2.75, 3.05) is 0 Å². The Morgan fingerprint density at radius 1 is 1.07 bits per heavy atom. The third-order valence-corrected chi connectivity index (χ3v) is 6.63. The molecule has 1 aromatic carbocycles. The second-order valence-corrected chi connectivity index (χ2v) is 8.69. The van der Waals surface area contributed by atoms with Gasteiger partial charge in [0.15, 0.2) is 0 Å². The summed E-state index contributed by atoms with van der Waals surface area (Å²) < 4.78 is 3.06. The quantitative estimate of drug-likeness (QED) is 0.730. The normalized spacial score (nSPS) is 24.8. The van der Waals surface area contributed by atoms with Crippen LogP contribution < -0.4 is 11.0 Å². The number of imide groups is 1. The fourth-order valence-corrected chi connectivity index (χ4v) is 4.99. The third kappa shape index (κ3) is 3.91. The van der Waals surface area contributed by atoms with Gasteiger partial charge in [-0.15, -0.1) is 0 Å². The molecule has 0 bridgehead atoms. The molecule has 0 spiro atoms. The van der Waals surface area contributed by atoms with Crippen LogP contribution in [0.3, 0.4) is 0 Å². The second-order valence-electron chi connectivity index (χ2n) is 8.69. The molecule has 1 aromatic heterocycles. The first kappa shape index (κ1) is 20.4. The smallest absolute Gasteiger partial charge is 0.329 e. The zero-order valence-electron chi connectivity index (χ0n) is 17.1. The Morgan fingerprint density at radius 3 is 2.43 bits per heavy atom. The largest absolute Gasteiger partial charge is 0.481 e. The highest BCUT2D eigenvalue weighted by Gasteiger charge is 2.31. The lowest BCUT2D eigenvalue weighted by Crippen LogP contribution is -2.44. The minimum Gasteiger partial charge on any atom is -0.481 e. The van der Waals surface area contributed by atoms with Crippen LogP contribution >= 0.6 is 0 Å². The van der Waals surface area contributed by atoms with E-state index in [-0.39, 0.29) is 30.4 Å². The second kappa shape index (κ2) is 8.08. The number of nitrogens with one attached hydrogen (secondary N) is 1. The molecular formula is C22H27N3O5. The predicted octanol–water partition coefficient (Wildman–Crippen LogP) is 2.14. The molecule has 8 heteroatoms. The minimum absolute atomic E-state index is 0.224. The number of carbonyl (C=O) groups excluding carboxylic acids is 2. The molecule has 1 aliphatic heterocycles. The average molecular weight is 413 g/mol. The summed E-state index contributed by atoms with van der Waals surface area (Å²) in [6, 6.07) is 5.25. The maximum absolute atomic E-state index is 12.9. The molecule has 1 saturated heterocycles. The molecule has 2 heterocycles. The van der Waals surface area contributed by atoms with Crippen LogP contribution in [0.2, 0.25) is 0 Å². The van der Waals surface area contributed by atoms with Crippen molar-refractivity contribution in [3.63, 3.8) is 0 Å². The van der Waals surface area contributed by atoms with Crippen molar-refractivity contribution < 1.29 is 19.5 Å². The van der Waals surface area contributed by atoms with Gasteiger partial charge < -0.3 is 5.11 Å². The van der Waals surface area contributed by atoms with E-state index in [0.29, 0.717) is 17.9 Å². The molecule has 2 amide bonds. The zero-order chi connectivity index (χ0) is 21.4. The number of aromatic nitrogens is 2. The topological polar surface area (TPSA) is 110 Å². The lowest BCUT2D eigenvalue weighted by atomic mass is 9.78. The van der Waals surface area contributed by atoms with Gasteiger partial charge in [0.1, 0.15) is 6.04 Å². The maximum Gasteiger partial charge on any atom is 0.329 e. The van der Waals surface area contributed by atoms with Crippen molar-refractivity contribution in [3.05, 3.63) is 34.2 Å². The van der Waals surface area contributed by atoms with Crippen molar-refractivity contribution in [1.82, 2.24) is 14.5 Å². The molecule has 160 valence electrons. The third-order valence-electron chi connectivity index (χ3n) is 6.63. The number of aryl methyl sites for hydroxylation is 1. The Bertz CT molecular complexity index is 1060. The van der Waals surface area contributed by atoms with Gasteiger partial charge in [-0.05, 0) is 68.1 Å². The van der Waals surface area contributed by atoms with Crippen molar-refractivity contribution >= 4 is 28.8 Å². The number of carboxylic acids is 1. The van der Waals surface area contributed by atoms with Gasteiger partial charge in [0.25, 0.3) is 0 Å². The molecule has 2 aliphatic rings. The number of imidazole rings is 1. The SMILES string of the molecule is Cn1c(=O)n([C@H]2CCC(=O)NC2=O)c2ccc(CC3CCC(CC(=O)O)CC3)cc21. The first-order valence-corrected chi connectivity index (χ1v) is 10.6. The Kier molecular flexibility index (Phi) is 5.49. The number of piperidine rings is 1. The summed E-state index contributed by atoms with van der Waals surface area (Å²) in [5.74, 6) is -0.648. The number of hydrogen-bond acceptors (Lipinski definition) is 4. The van der Waals surface area contributed by atoms with Gasteiger partial charge in [-0.25, -0.2) is 4.79 Å². The highest BCUT2D eigenvalue weighted by atomic mass is 16.4. The maximum atomic E-state index is 12.9. The number of rotatable bonds is 5. The summed E-state index contributed by atoms with van der Waals surface area (Å²) in [5, 5.41) is 11.3. The van der Waals surface area contributed by atoms with Crippen LogP contribution in [0.4, 0.5) is 0 Å². The molecule has 0 radical (unpaired) electrons. The highest BCUT2D eigenvalue weighted by Crippen LogP contribution is 2.33. The number of carboxylic acid groups (broad SMARTS) is 1. The summed E-state index contributed by atoms with van der Waals surface area (Å²) in [7, 11) is 1.70. The minimum atomic E-state index is -0.717. The molecule has 2 N–H and O–H groups in total. The van der Waals surface area contributed by atoms with E-state index in [1.807, 2.05) is 18.2 Å². The number of carbonyl (C=O) groups is 3. The van der Waals surface area contributed by atoms with Gasteiger partial charge in [0.05, 0.1) is 11.0 Å². The van der Waals surface area contributed by atoms with Crippen molar-refractivity contribution in [2.24, 2.45) is 18.9 Å². The molecular weight excluding hydrogens is 386 g/mol. The fourth-order valence-electron chi connectivity index (χ4n) is 4.99. The van der Waals surface area contributed by atoms with E-state index >= 15 is 0 Å². The lowest BCUT2D eigenvalue weighted by Gasteiger charge is -2.27. The molecule has 1 aliphatic carbocycles. The van der Waals surface area contributed by atoms with Crippen LogP contribution in [0, 0.1) is 11.8 Å².